The molecule has 0 aliphatic rings. The minimum absolute atomic E-state index is 0.322. The third-order valence-corrected chi connectivity index (χ3v) is 4.97. The van der Waals surface area contributed by atoms with Crippen molar-refractivity contribution < 1.29 is 4.52 Å². The molecule has 0 amide bonds. The third-order valence-electron chi connectivity index (χ3n) is 4.34. The molecule has 0 fully saturated rings. The molecule has 0 saturated heterocycles. The molecule has 5 aromatic rings. The molecule has 0 unspecified atom stereocenters. The van der Waals surface area contributed by atoms with Gasteiger partial charge in [-0.05, 0) is 24.3 Å². The normalized spacial score (nSPS) is 11.7. The molecule has 3 heterocycles. The Hall–Kier alpha value is -2.83. The summed E-state index contributed by atoms with van der Waals surface area (Å²) in [6.45, 7) is 0. The van der Waals surface area contributed by atoms with Crippen LogP contribution in [0.5, 0.6) is 0 Å². The van der Waals surface area contributed by atoms with Crippen LogP contribution in [0.15, 0.2) is 47.1 Å². The first kappa shape index (κ1) is 15.4. The average Bonchev–Trinajstić information content (AvgIpc) is 3.34. The minimum Gasteiger partial charge on any atom is -0.349 e. The number of aromatic amines is 1. The van der Waals surface area contributed by atoms with Crippen molar-refractivity contribution in [3.8, 4) is 23.0 Å². The molecule has 8 heteroatoms. The molecule has 128 valence electrons. The molecule has 5 rings (SSSR count). The van der Waals surface area contributed by atoms with Crippen LogP contribution >= 0.6 is 23.2 Å². The average molecular weight is 384 g/mol. The van der Waals surface area contributed by atoms with Gasteiger partial charge >= 0.3 is 0 Å². The Morgan fingerprint density at radius 3 is 2.88 bits per heavy atom. The highest BCUT2D eigenvalue weighted by molar-refractivity contribution is 6.39. The van der Waals surface area contributed by atoms with E-state index in [1.807, 2.05) is 37.5 Å². The van der Waals surface area contributed by atoms with Gasteiger partial charge in [0.15, 0.2) is 0 Å². The predicted molar refractivity (Wildman–Crippen MR) is 101 cm³/mol. The Bertz CT molecular complexity index is 1280. The maximum absolute atomic E-state index is 6.47. The molecule has 0 saturated carbocycles. The monoisotopic (exact) mass is 383 g/mol. The number of nitrogens with one attached hydrogen (secondary N) is 1. The van der Waals surface area contributed by atoms with Gasteiger partial charge in [0.1, 0.15) is 5.69 Å². The maximum atomic E-state index is 6.47. The van der Waals surface area contributed by atoms with Crippen LogP contribution in [-0.2, 0) is 7.05 Å². The quantitative estimate of drug-likeness (QED) is 0.461. The van der Waals surface area contributed by atoms with E-state index in [1.165, 1.54) is 0 Å². The molecule has 1 N–H and O–H groups in total. The van der Waals surface area contributed by atoms with Crippen molar-refractivity contribution in [1.29, 1.82) is 0 Å². The topological polar surface area (TPSA) is 72.5 Å². The number of hydrogen-bond donors (Lipinski definition) is 1. The Morgan fingerprint density at radius 1 is 1.12 bits per heavy atom. The number of hydrogen-bond acceptors (Lipinski definition) is 4. The van der Waals surface area contributed by atoms with Gasteiger partial charge in [0.25, 0.3) is 5.89 Å². The van der Waals surface area contributed by atoms with E-state index < -0.39 is 0 Å². The summed E-state index contributed by atoms with van der Waals surface area (Å²) in [5.74, 6) is 0.804. The summed E-state index contributed by atoms with van der Waals surface area (Å²) >= 11 is 12.5. The van der Waals surface area contributed by atoms with Crippen molar-refractivity contribution in [2.45, 2.75) is 0 Å². The fourth-order valence-electron chi connectivity index (χ4n) is 3.00. The minimum atomic E-state index is 0.322. The van der Waals surface area contributed by atoms with Crippen molar-refractivity contribution in [2.75, 3.05) is 0 Å². The van der Waals surface area contributed by atoms with Gasteiger partial charge in [-0.25, -0.2) is 0 Å². The van der Waals surface area contributed by atoms with E-state index in [9.17, 15) is 0 Å². The van der Waals surface area contributed by atoms with Crippen LogP contribution in [0, 0.1) is 0 Å². The molecule has 6 nitrogen and oxygen atoms in total. The van der Waals surface area contributed by atoms with Crippen molar-refractivity contribution >= 4 is 45.0 Å². The van der Waals surface area contributed by atoms with E-state index in [-0.39, 0.29) is 0 Å². The summed E-state index contributed by atoms with van der Waals surface area (Å²) in [7, 11) is 1.89. The fourth-order valence-corrected chi connectivity index (χ4v) is 3.46. The highest BCUT2D eigenvalue weighted by Crippen LogP contribution is 2.35. The highest BCUT2D eigenvalue weighted by Gasteiger charge is 2.18. The zero-order valence-corrected chi connectivity index (χ0v) is 15.0. The summed E-state index contributed by atoms with van der Waals surface area (Å²) in [4.78, 5) is 7.70. The van der Waals surface area contributed by atoms with Crippen LogP contribution in [0.1, 0.15) is 0 Å². The molecule has 0 aliphatic carbocycles. The number of benzene rings is 2. The van der Waals surface area contributed by atoms with Gasteiger partial charge in [0, 0.05) is 33.9 Å². The van der Waals surface area contributed by atoms with Crippen LogP contribution in [0.2, 0.25) is 10.0 Å². The van der Waals surface area contributed by atoms with Crippen LogP contribution < -0.4 is 0 Å². The molecule has 0 bridgehead atoms. The number of aryl methyl sites for hydroxylation is 1. The molecule has 0 atom stereocenters. The van der Waals surface area contributed by atoms with E-state index in [0.717, 1.165) is 27.4 Å². The predicted octanol–water partition coefficient (Wildman–Crippen LogP) is 5.08. The van der Waals surface area contributed by atoms with E-state index in [2.05, 4.69) is 20.2 Å². The van der Waals surface area contributed by atoms with Crippen molar-refractivity contribution in [2.24, 2.45) is 7.05 Å². The van der Waals surface area contributed by atoms with Gasteiger partial charge < -0.3 is 9.51 Å². The molecule has 0 spiro atoms. The standard InChI is InChI=1S/C18H11Cl2N5O/c1-25-14-6-9(2-3-10(14)8-21-25)17-23-18(26-24-17)16-15(20)12-7-11(19)4-5-13(12)22-16/h2-8,22H,1H3. The van der Waals surface area contributed by atoms with E-state index in [1.54, 1.807) is 16.8 Å². The molecule has 3 aromatic heterocycles. The van der Waals surface area contributed by atoms with Crippen LogP contribution in [0.4, 0.5) is 0 Å². The van der Waals surface area contributed by atoms with Gasteiger partial charge in [0.2, 0.25) is 5.82 Å². The highest BCUT2D eigenvalue weighted by atomic mass is 35.5. The van der Waals surface area contributed by atoms with Crippen LogP contribution in [0.25, 0.3) is 44.8 Å². The molecular weight excluding hydrogens is 373 g/mol. The lowest BCUT2D eigenvalue weighted by Gasteiger charge is -1.97. The first-order chi connectivity index (χ1) is 12.6. The summed E-state index contributed by atoms with van der Waals surface area (Å²) in [5.41, 5.74) is 3.26. The first-order valence-electron chi connectivity index (χ1n) is 7.83. The second-order valence-electron chi connectivity index (χ2n) is 5.97. The van der Waals surface area contributed by atoms with Gasteiger partial charge in [-0.3, -0.25) is 4.68 Å². The number of H-pyrrole nitrogens is 1. The van der Waals surface area contributed by atoms with Gasteiger partial charge in [-0.15, -0.1) is 0 Å². The van der Waals surface area contributed by atoms with E-state index >= 15 is 0 Å². The fraction of sp³-hybridized carbons (Fsp3) is 0.0556. The lowest BCUT2D eigenvalue weighted by Crippen LogP contribution is -1.89. The smallest absolute Gasteiger partial charge is 0.276 e. The summed E-state index contributed by atoms with van der Waals surface area (Å²) in [5, 5.41) is 11.3. The SMILES string of the molecule is Cn1ncc2ccc(-c3noc(-c4[nH]c5ccc(Cl)cc5c4Cl)n3)cc21. The molecule has 0 aliphatic heterocycles. The lowest BCUT2D eigenvalue weighted by atomic mass is 10.1. The largest absolute Gasteiger partial charge is 0.349 e. The summed E-state index contributed by atoms with van der Waals surface area (Å²) in [6, 6.07) is 11.3. The Balaban J connectivity index is 1.61. The Labute approximate surface area is 157 Å². The first-order valence-corrected chi connectivity index (χ1v) is 8.59. The number of rotatable bonds is 2. The number of nitrogens with zero attached hydrogens (tertiary/aromatic N) is 4. The molecule has 0 radical (unpaired) electrons. The second kappa shape index (κ2) is 5.59. The zero-order valence-electron chi connectivity index (χ0n) is 13.5. The third kappa shape index (κ3) is 2.30. The second-order valence-corrected chi connectivity index (χ2v) is 6.78. The van der Waals surface area contributed by atoms with Crippen molar-refractivity contribution in [3.05, 3.63) is 52.6 Å². The van der Waals surface area contributed by atoms with Crippen LogP contribution in [0.3, 0.4) is 0 Å². The zero-order chi connectivity index (χ0) is 17.8. The summed E-state index contributed by atoms with van der Waals surface area (Å²) < 4.78 is 7.24. The Morgan fingerprint density at radius 2 is 2.00 bits per heavy atom. The lowest BCUT2D eigenvalue weighted by molar-refractivity contribution is 0.431. The van der Waals surface area contributed by atoms with Crippen LogP contribution in [-0.4, -0.2) is 24.9 Å². The van der Waals surface area contributed by atoms with E-state index in [0.29, 0.717) is 27.5 Å². The number of halogens is 2. The summed E-state index contributed by atoms with van der Waals surface area (Å²) in [6.07, 6.45) is 1.82. The van der Waals surface area contributed by atoms with Crippen molar-refractivity contribution in [1.82, 2.24) is 24.9 Å². The molecular formula is C18H11Cl2N5O. The van der Waals surface area contributed by atoms with Gasteiger partial charge in [-0.1, -0.05) is 40.5 Å². The number of aromatic nitrogens is 5. The van der Waals surface area contributed by atoms with Crippen molar-refractivity contribution in [3.63, 3.8) is 0 Å². The Kier molecular flexibility index (Phi) is 3.32. The van der Waals surface area contributed by atoms with E-state index in [4.69, 9.17) is 27.7 Å². The van der Waals surface area contributed by atoms with Gasteiger partial charge in [0.05, 0.1) is 16.7 Å². The molecule has 2 aromatic carbocycles. The maximum Gasteiger partial charge on any atom is 0.276 e. The molecule has 26 heavy (non-hydrogen) atoms. The number of fused-ring (bicyclic) bond motifs is 2. The van der Waals surface area contributed by atoms with Gasteiger partial charge in [-0.2, -0.15) is 10.1 Å².